The van der Waals surface area contributed by atoms with E-state index in [9.17, 15) is 18.0 Å². The minimum Gasteiger partial charge on any atom is -0.491 e. The van der Waals surface area contributed by atoms with Crippen LogP contribution < -0.4 is 15.4 Å². The molecule has 21 heavy (non-hydrogen) atoms. The normalized spacial score (nSPS) is 11.3. The van der Waals surface area contributed by atoms with E-state index in [1.165, 1.54) is 6.07 Å². The summed E-state index contributed by atoms with van der Waals surface area (Å²) < 4.78 is 43.5. The smallest absolute Gasteiger partial charge is 0.416 e. The molecule has 4 nitrogen and oxygen atoms in total. The van der Waals surface area contributed by atoms with E-state index < -0.39 is 11.7 Å². The second-order valence-corrected chi connectivity index (χ2v) is 4.46. The molecular weight excluding hydrogens is 285 g/mol. The number of hydrogen-bond donors (Lipinski definition) is 2. The first kappa shape index (κ1) is 17.3. The molecule has 1 amide bonds. The summed E-state index contributed by atoms with van der Waals surface area (Å²) in [7, 11) is 1.69. The second-order valence-electron chi connectivity index (χ2n) is 4.46. The Labute approximate surface area is 121 Å². The maximum absolute atomic E-state index is 12.7. The van der Waals surface area contributed by atoms with Gasteiger partial charge in [0.25, 0.3) is 0 Å². The number of rotatable bonds is 7. The summed E-state index contributed by atoms with van der Waals surface area (Å²) in [5.41, 5.74) is -0.783. The summed E-state index contributed by atoms with van der Waals surface area (Å²) in [6, 6.07) is 3.06. The van der Waals surface area contributed by atoms with Gasteiger partial charge in [-0.2, -0.15) is 13.2 Å². The summed E-state index contributed by atoms with van der Waals surface area (Å²) in [6.07, 6.45) is -3.58. The molecule has 0 bridgehead atoms. The second kappa shape index (κ2) is 7.87. The zero-order chi connectivity index (χ0) is 15.9. The number of carbonyl (C=O) groups is 1. The van der Waals surface area contributed by atoms with Gasteiger partial charge in [0.15, 0.2) is 0 Å². The van der Waals surface area contributed by atoms with Crippen molar-refractivity contribution in [2.45, 2.75) is 25.9 Å². The maximum atomic E-state index is 12.7. The molecule has 0 aliphatic heterocycles. The molecule has 0 heterocycles. The fraction of sp³-hybridized carbons (Fsp3) is 0.500. The molecule has 0 unspecified atom stereocenters. The average molecular weight is 304 g/mol. The number of alkyl halides is 3. The molecule has 0 saturated carbocycles. The lowest BCUT2D eigenvalue weighted by Crippen LogP contribution is -2.19. The zero-order valence-electron chi connectivity index (χ0n) is 12.0. The number of benzene rings is 1. The van der Waals surface area contributed by atoms with Crippen LogP contribution in [0.4, 0.5) is 18.9 Å². The van der Waals surface area contributed by atoms with Crippen LogP contribution in [-0.4, -0.2) is 26.1 Å². The van der Waals surface area contributed by atoms with Crippen molar-refractivity contribution in [1.82, 2.24) is 5.32 Å². The summed E-state index contributed by atoms with van der Waals surface area (Å²) in [6.45, 7) is 2.69. The Balaban J connectivity index is 2.96. The Hall–Kier alpha value is -1.76. The number of carbonyl (C=O) groups excluding carboxylic acids is 1. The number of hydrogen-bond acceptors (Lipinski definition) is 3. The Bertz CT molecular complexity index is 476. The highest BCUT2D eigenvalue weighted by atomic mass is 19.4. The van der Waals surface area contributed by atoms with E-state index >= 15 is 0 Å². The van der Waals surface area contributed by atoms with Crippen molar-refractivity contribution in [3.8, 4) is 5.75 Å². The minimum atomic E-state index is -4.46. The molecule has 0 aliphatic rings. The highest BCUT2D eigenvalue weighted by molar-refractivity contribution is 5.92. The molecule has 118 valence electrons. The van der Waals surface area contributed by atoms with Crippen LogP contribution in [0.2, 0.25) is 0 Å². The minimum absolute atomic E-state index is 0.0411. The first-order valence-electron chi connectivity index (χ1n) is 6.67. The van der Waals surface area contributed by atoms with Crippen LogP contribution in [0.15, 0.2) is 18.2 Å². The lowest BCUT2D eigenvalue weighted by atomic mass is 10.1. The van der Waals surface area contributed by atoms with Crippen molar-refractivity contribution < 1.29 is 22.7 Å². The average Bonchev–Trinajstić information content (AvgIpc) is 2.42. The first-order valence-corrected chi connectivity index (χ1v) is 6.67. The van der Waals surface area contributed by atoms with Gasteiger partial charge in [-0.15, -0.1) is 0 Å². The maximum Gasteiger partial charge on any atom is 0.416 e. The summed E-state index contributed by atoms with van der Waals surface area (Å²) >= 11 is 0. The fourth-order valence-electron chi connectivity index (χ4n) is 1.59. The summed E-state index contributed by atoms with van der Waals surface area (Å²) in [5, 5.41) is 5.26. The number of amides is 1. The van der Waals surface area contributed by atoms with E-state index in [0.717, 1.165) is 12.1 Å². The number of ether oxygens (including phenoxy) is 1. The van der Waals surface area contributed by atoms with E-state index in [0.29, 0.717) is 19.6 Å². The van der Waals surface area contributed by atoms with Crippen molar-refractivity contribution in [3.05, 3.63) is 23.8 Å². The molecule has 0 saturated heterocycles. The quantitative estimate of drug-likeness (QED) is 0.814. The van der Waals surface area contributed by atoms with Crippen molar-refractivity contribution >= 4 is 11.6 Å². The van der Waals surface area contributed by atoms with Gasteiger partial charge in [0.2, 0.25) is 5.91 Å². The van der Waals surface area contributed by atoms with Crippen LogP contribution in [0, 0.1) is 0 Å². The largest absolute Gasteiger partial charge is 0.491 e. The molecule has 1 rings (SSSR count). The van der Waals surface area contributed by atoms with Gasteiger partial charge in [-0.05, 0) is 31.7 Å². The third-order valence-corrected chi connectivity index (χ3v) is 2.64. The van der Waals surface area contributed by atoms with E-state index in [4.69, 9.17) is 4.74 Å². The van der Waals surface area contributed by atoms with E-state index in [2.05, 4.69) is 10.6 Å². The van der Waals surface area contributed by atoms with Gasteiger partial charge in [0.05, 0.1) is 17.9 Å². The standard InChI is InChI=1S/C14H19F3N2O2/c1-3-8-21-12-5-4-10(14(15,16)17)9-11(12)19-13(20)6-7-18-2/h4-5,9,18H,3,6-8H2,1-2H3,(H,19,20). The van der Waals surface area contributed by atoms with Crippen molar-refractivity contribution in [1.29, 1.82) is 0 Å². The predicted molar refractivity (Wildman–Crippen MR) is 74.4 cm³/mol. The van der Waals surface area contributed by atoms with Gasteiger partial charge in [0, 0.05) is 13.0 Å². The molecule has 0 spiro atoms. The molecule has 1 aromatic rings. The van der Waals surface area contributed by atoms with Crippen LogP contribution in [0.3, 0.4) is 0 Å². The molecule has 2 N–H and O–H groups in total. The third-order valence-electron chi connectivity index (χ3n) is 2.64. The number of nitrogens with one attached hydrogen (secondary N) is 2. The Kier molecular flexibility index (Phi) is 6.48. The summed E-state index contributed by atoms with van der Waals surface area (Å²) in [4.78, 5) is 11.7. The topological polar surface area (TPSA) is 50.4 Å². The SMILES string of the molecule is CCCOc1ccc(C(F)(F)F)cc1NC(=O)CCNC. The lowest BCUT2D eigenvalue weighted by Gasteiger charge is -2.15. The van der Waals surface area contributed by atoms with Crippen molar-refractivity contribution in [2.75, 3.05) is 25.5 Å². The Morgan fingerprint density at radius 2 is 2.05 bits per heavy atom. The highest BCUT2D eigenvalue weighted by Crippen LogP contribution is 2.35. The molecular formula is C14H19F3N2O2. The van der Waals surface area contributed by atoms with Crippen LogP contribution in [0.1, 0.15) is 25.3 Å². The van der Waals surface area contributed by atoms with Gasteiger partial charge < -0.3 is 15.4 Å². The Morgan fingerprint density at radius 1 is 1.33 bits per heavy atom. The van der Waals surface area contributed by atoms with Gasteiger partial charge >= 0.3 is 6.18 Å². The fourth-order valence-corrected chi connectivity index (χ4v) is 1.59. The van der Waals surface area contributed by atoms with Crippen LogP contribution in [-0.2, 0) is 11.0 Å². The third kappa shape index (κ3) is 5.63. The van der Waals surface area contributed by atoms with Crippen molar-refractivity contribution in [2.24, 2.45) is 0 Å². The van der Waals surface area contributed by atoms with Gasteiger partial charge in [0.1, 0.15) is 5.75 Å². The first-order chi connectivity index (χ1) is 9.88. The van der Waals surface area contributed by atoms with Gasteiger partial charge in [-0.3, -0.25) is 4.79 Å². The molecule has 0 aromatic heterocycles. The molecule has 0 fully saturated rings. The monoisotopic (exact) mass is 304 g/mol. The van der Waals surface area contributed by atoms with Crippen LogP contribution in [0.5, 0.6) is 5.75 Å². The van der Waals surface area contributed by atoms with E-state index in [1.54, 1.807) is 7.05 Å². The van der Waals surface area contributed by atoms with Crippen molar-refractivity contribution in [3.63, 3.8) is 0 Å². The zero-order valence-corrected chi connectivity index (χ0v) is 12.0. The molecule has 1 aromatic carbocycles. The lowest BCUT2D eigenvalue weighted by molar-refractivity contribution is -0.137. The van der Waals surface area contributed by atoms with E-state index in [-0.39, 0.29) is 23.8 Å². The Morgan fingerprint density at radius 3 is 2.62 bits per heavy atom. The predicted octanol–water partition coefficient (Wildman–Crippen LogP) is 3.04. The number of anilines is 1. The molecule has 0 atom stereocenters. The molecule has 0 radical (unpaired) electrons. The molecule has 7 heteroatoms. The van der Waals surface area contributed by atoms with E-state index in [1.807, 2.05) is 6.92 Å². The highest BCUT2D eigenvalue weighted by Gasteiger charge is 2.31. The summed E-state index contributed by atoms with van der Waals surface area (Å²) in [5.74, 6) is -0.132. The van der Waals surface area contributed by atoms with Crippen LogP contribution >= 0.6 is 0 Å². The molecule has 0 aliphatic carbocycles. The van der Waals surface area contributed by atoms with Gasteiger partial charge in [-0.1, -0.05) is 6.92 Å². The van der Waals surface area contributed by atoms with Crippen LogP contribution in [0.25, 0.3) is 0 Å². The number of halogens is 3. The van der Waals surface area contributed by atoms with Gasteiger partial charge in [-0.25, -0.2) is 0 Å².